The Labute approximate surface area is 185 Å². The van der Waals surface area contributed by atoms with Gasteiger partial charge in [0, 0.05) is 18.7 Å². The van der Waals surface area contributed by atoms with Gasteiger partial charge < -0.3 is 10.1 Å². The average molecular weight is 463 g/mol. The number of aryl methyl sites for hydroxylation is 1. The topological polar surface area (TPSA) is 119 Å². The van der Waals surface area contributed by atoms with E-state index in [2.05, 4.69) is 20.8 Å². The summed E-state index contributed by atoms with van der Waals surface area (Å²) >= 11 is 0. The van der Waals surface area contributed by atoms with Gasteiger partial charge >= 0.3 is 0 Å². The smallest absolute Gasteiger partial charge is 0.255 e. The molecule has 1 heterocycles. The first-order valence-electron chi connectivity index (χ1n) is 9.77. The third-order valence-corrected chi connectivity index (χ3v) is 6.89. The summed E-state index contributed by atoms with van der Waals surface area (Å²) in [6.07, 6.45) is 0. The second-order valence-electron chi connectivity index (χ2n) is 6.71. The van der Waals surface area contributed by atoms with Gasteiger partial charge in [0.2, 0.25) is 10.0 Å². The molecule has 0 aliphatic heterocycles. The highest BCUT2D eigenvalue weighted by Gasteiger charge is 2.27. The largest absolute Gasteiger partial charge is 0.495 e. The summed E-state index contributed by atoms with van der Waals surface area (Å²) in [5.41, 5.74) is 0.370. The fourth-order valence-electron chi connectivity index (χ4n) is 3.13. The van der Waals surface area contributed by atoms with Crippen molar-refractivity contribution in [3.63, 3.8) is 0 Å². The van der Waals surface area contributed by atoms with E-state index in [1.807, 2.05) is 0 Å². The quantitative estimate of drug-likeness (QED) is 0.546. The van der Waals surface area contributed by atoms with Gasteiger partial charge in [-0.1, -0.05) is 13.8 Å². The van der Waals surface area contributed by atoms with Crippen LogP contribution in [0.25, 0.3) is 5.69 Å². The van der Waals surface area contributed by atoms with Gasteiger partial charge in [-0.05, 0) is 53.7 Å². The van der Waals surface area contributed by atoms with Gasteiger partial charge in [-0.2, -0.15) is 8.99 Å². The molecule has 0 saturated carbocycles. The second-order valence-corrected chi connectivity index (χ2v) is 8.62. The third kappa shape index (κ3) is 4.46. The van der Waals surface area contributed by atoms with Gasteiger partial charge in [-0.3, -0.25) is 4.79 Å². The molecule has 3 aromatic rings. The van der Waals surface area contributed by atoms with Crippen molar-refractivity contribution in [1.29, 1.82) is 0 Å². The van der Waals surface area contributed by atoms with Crippen LogP contribution in [0.5, 0.6) is 5.75 Å². The summed E-state index contributed by atoms with van der Waals surface area (Å²) in [7, 11) is -2.55. The molecule has 0 spiro atoms. The molecule has 1 aromatic heterocycles. The van der Waals surface area contributed by atoms with Crippen molar-refractivity contribution in [2.75, 3.05) is 25.5 Å². The van der Waals surface area contributed by atoms with Gasteiger partial charge in [0.15, 0.2) is 5.82 Å². The van der Waals surface area contributed by atoms with Crippen LogP contribution in [0, 0.1) is 12.7 Å². The van der Waals surface area contributed by atoms with Crippen molar-refractivity contribution in [3.8, 4) is 11.4 Å². The molecule has 170 valence electrons. The van der Waals surface area contributed by atoms with E-state index in [0.29, 0.717) is 11.5 Å². The lowest BCUT2D eigenvalue weighted by Crippen LogP contribution is -2.31. The Kier molecular flexibility index (Phi) is 6.84. The minimum atomic E-state index is -3.89. The molecule has 0 atom stereocenters. The van der Waals surface area contributed by atoms with Crippen LogP contribution < -0.4 is 10.1 Å². The number of halogens is 1. The number of nitrogens with zero attached hydrogens (tertiary/aromatic N) is 5. The number of hydrogen-bond acceptors (Lipinski definition) is 7. The van der Waals surface area contributed by atoms with Crippen molar-refractivity contribution < 1.29 is 22.3 Å². The zero-order valence-corrected chi connectivity index (χ0v) is 18.9. The van der Waals surface area contributed by atoms with Crippen LogP contribution in [0.4, 0.5) is 10.1 Å². The summed E-state index contributed by atoms with van der Waals surface area (Å²) in [4.78, 5) is 12.7. The number of amides is 1. The van der Waals surface area contributed by atoms with Crippen molar-refractivity contribution in [1.82, 2.24) is 24.5 Å². The number of anilines is 1. The van der Waals surface area contributed by atoms with Crippen LogP contribution in [-0.4, -0.2) is 59.0 Å². The number of carbonyl (C=O) groups excluding carboxylic acids is 1. The summed E-state index contributed by atoms with van der Waals surface area (Å²) < 4.78 is 48.2. The molecule has 2 aromatic carbocycles. The number of nitrogens with one attached hydrogen (secondary N) is 1. The van der Waals surface area contributed by atoms with Crippen LogP contribution in [0.15, 0.2) is 41.3 Å². The van der Waals surface area contributed by atoms with Crippen LogP contribution in [0.1, 0.15) is 30.0 Å². The number of tetrazole rings is 1. The zero-order valence-electron chi connectivity index (χ0n) is 18.0. The van der Waals surface area contributed by atoms with Gasteiger partial charge in [-0.25, -0.2) is 12.8 Å². The lowest BCUT2D eigenvalue weighted by Gasteiger charge is -2.20. The summed E-state index contributed by atoms with van der Waals surface area (Å²) in [6, 6.07) is 8.04. The Hall–Kier alpha value is -3.38. The first-order valence-corrected chi connectivity index (χ1v) is 11.2. The number of sulfonamides is 1. The molecule has 1 N–H and O–H groups in total. The highest BCUT2D eigenvalue weighted by molar-refractivity contribution is 7.89. The molecule has 1 amide bonds. The van der Waals surface area contributed by atoms with Crippen molar-refractivity contribution in [2.24, 2.45) is 0 Å². The first kappa shape index (κ1) is 23.3. The number of benzene rings is 2. The van der Waals surface area contributed by atoms with E-state index in [-0.39, 0.29) is 35.0 Å². The number of hydrogen-bond donors (Lipinski definition) is 1. The molecule has 0 bridgehead atoms. The predicted molar refractivity (Wildman–Crippen MR) is 115 cm³/mol. The number of ether oxygens (including phenoxy) is 1. The summed E-state index contributed by atoms with van der Waals surface area (Å²) in [5.74, 6) is -0.767. The Bertz CT molecular complexity index is 1240. The predicted octanol–water partition coefficient (Wildman–Crippen LogP) is 2.40. The standard InChI is InChI=1S/C20H23FN6O4S/c1-5-26(6-2)32(29,30)19-11-14(7-10-18(19)31-4)20(28)22-17-12-15(8-9-16(17)21)27-13(3)23-24-25-27/h7-12H,5-6H2,1-4H3,(H,22,28). The molecule has 32 heavy (non-hydrogen) atoms. The van der Waals surface area contributed by atoms with Crippen molar-refractivity contribution >= 4 is 21.6 Å². The van der Waals surface area contributed by atoms with Crippen molar-refractivity contribution in [2.45, 2.75) is 25.7 Å². The Morgan fingerprint density at radius 3 is 2.50 bits per heavy atom. The fourth-order valence-corrected chi connectivity index (χ4v) is 4.77. The van der Waals surface area contributed by atoms with E-state index < -0.39 is 21.7 Å². The van der Waals surface area contributed by atoms with Crippen LogP contribution in [-0.2, 0) is 10.0 Å². The molecular formula is C20H23FN6O4S. The molecule has 0 saturated heterocycles. The second kappa shape index (κ2) is 9.40. The van der Waals surface area contributed by atoms with Crippen LogP contribution >= 0.6 is 0 Å². The minimum Gasteiger partial charge on any atom is -0.495 e. The molecule has 0 fully saturated rings. The monoisotopic (exact) mass is 462 g/mol. The highest BCUT2D eigenvalue weighted by Crippen LogP contribution is 2.28. The van der Waals surface area contributed by atoms with Gasteiger partial charge in [0.25, 0.3) is 5.91 Å². The third-order valence-electron chi connectivity index (χ3n) is 4.82. The molecule has 0 unspecified atom stereocenters. The molecule has 10 nitrogen and oxygen atoms in total. The Morgan fingerprint density at radius 1 is 1.19 bits per heavy atom. The minimum absolute atomic E-state index is 0.0277. The molecule has 0 radical (unpaired) electrons. The lowest BCUT2D eigenvalue weighted by atomic mass is 10.2. The van der Waals surface area contributed by atoms with Crippen LogP contribution in [0.2, 0.25) is 0 Å². The first-order chi connectivity index (χ1) is 15.2. The number of carbonyl (C=O) groups is 1. The Morgan fingerprint density at radius 2 is 1.91 bits per heavy atom. The summed E-state index contributed by atoms with van der Waals surface area (Å²) in [5, 5.41) is 13.6. The number of aromatic nitrogens is 4. The van der Waals surface area contributed by atoms with E-state index in [1.165, 1.54) is 52.5 Å². The normalized spacial score (nSPS) is 11.6. The molecule has 12 heteroatoms. The van der Waals surface area contributed by atoms with Gasteiger partial charge in [0.05, 0.1) is 18.5 Å². The molecule has 0 aliphatic rings. The van der Waals surface area contributed by atoms with E-state index >= 15 is 0 Å². The van der Waals surface area contributed by atoms with Gasteiger partial charge in [0.1, 0.15) is 16.5 Å². The number of methoxy groups -OCH3 is 1. The fraction of sp³-hybridized carbons (Fsp3) is 0.300. The van der Waals surface area contributed by atoms with E-state index in [4.69, 9.17) is 4.74 Å². The number of rotatable bonds is 8. The SMILES string of the molecule is CCN(CC)S(=O)(=O)c1cc(C(=O)Nc2cc(-n3nnnc3C)ccc2F)ccc1OC. The average Bonchev–Trinajstić information content (AvgIpc) is 3.21. The summed E-state index contributed by atoms with van der Waals surface area (Å²) in [6.45, 7) is 5.62. The van der Waals surface area contributed by atoms with E-state index in [0.717, 1.165) is 0 Å². The van der Waals surface area contributed by atoms with E-state index in [1.54, 1.807) is 20.8 Å². The Balaban J connectivity index is 1.97. The molecular weight excluding hydrogens is 439 g/mol. The van der Waals surface area contributed by atoms with Crippen LogP contribution in [0.3, 0.4) is 0 Å². The maximum absolute atomic E-state index is 14.4. The molecule has 0 aliphatic carbocycles. The zero-order chi connectivity index (χ0) is 23.5. The van der Waals surface area contributed by atoms with Gasteiger partial charge in [-0.15, -0.1) is 5.10 Å². The molecule has 3 rings (SSSR count). The highest BCUT2D eigenvalue weighted by atomic mass is 32.2. The van der Waals surface area contributed by atoms with Crippen molar-refractivity contribution in [3.05, 3.63) is 53.6 Å². The lowest BCUT2D eigenvalue weighted by molar-refractivity contribution is 0.102. The van der Waals surface area contributed by atoms with E-state index in [9.17, 15) is 17.6 Å². The maximum atomic E-state index is 14.4. The maximum Gasteiger partial charge on any atom is 0.255 e.